The van der Waals surface area contributed by atoms with E-state index in [1.54, 1.807) is 0 Å². The Labute approximate surface area is 111 Å². The Bertz CT molecular complexity index is 598. The minimum atomic E-state index is -2.64. The van der Waals surface area contributed by atoms with E-state index in [2.05, 4.69) is 11.1 Å². The average Bonchev–Trinajstić information content (AvgIpc) is 2.66. The third kappa shape index (κ3) is 2.37. The number of nitrogens with zero attached hydrogens (tertiary/aromatic N) is 1. The van der Waals surface area contributed by atoms with Gasteiger partial charge in [-0.05, 0) is 25.0 Å². The van der Waals surface area contributed by atoms with Crippen LogP contribution >= 0.6 is 0 Å². The van der Waals surface area contributed by atoms with E-state index in [9.17, 15) is 8.78 Å². The van der Waals surface area contributed by atoms with Crippen LogP contribution in [-0.4, -0.2) is 28.4 Å². The van der Waals surface area contributed by atoms with E-state index >= 15 is 0 Å². The van der Waals surface area contributed by atoms with Gasteiger partial charge in [0.25, 0.3) is 5.92 Å². The minimum Gasteiger partial charge on any atom is -0.357 e. The Morgan fingerprint density at radius 1 is 1.37 bits per heavy atom. The number of nitrogens with one attached hydrogen (secondary N) is 1. The minimum absolute atomic E-state index is 0.150. The van der Waals surface area contributed by atoms with E-state index < -0.39 is 5.92 Å². The zero-order valence-corrected chi connectivity index (χ0v) is 11.2. The summed E-state index contributed by atoms with van der Waals surface area (Å²) in [6, 6.07) is 8.30. The summed E-state index contributed by atoms with van der Waals surface area (Å²) in [4.78, 5) is 5.22. The largest absolute Gasteiger partial charge is 0.357 e. The molecule has 2 heterocycles. The molecular weight excluding hydrogens is 246 g/mol. The molecule has 0 bridgehead atoms. The molecular formula is C15H18F2N2. The van der Waals surface area contributed by atoms with Crippen molar-refractivity contribution in [2.24, 2.45) is 0 Å². The summed E-state index contributed by atoms with van der Waals surface area (Å²) in [6.45, 7) is 3.41. The maximum absolute atomic E-state index is 13.2. The first-order valence-electron chi connectivity index (χ1n) is 6.64. The molecule has 1 aromatic heterocycles. The number of fused-ring (bicyclic) bond motifs is 3. The number of alkyl halides is 2. The molecule has 0 amide bonds. The van der Waals surface area contributed by atoms with E-state index in [1.165, 1.54) is 10.9 Å². The van der Waals surface area contributed by atoms with Crippen molar-refractivity contribution < 1.29 is 8.78 Å². The lowest BCUT2D eigenvalue weighted by molar-refractivity contribution is -0.0293. The smallest absolute Gasteiger partial charge is 0.257 e. The molecule has 0 radical (unpaired) electrons. The first-order chi connectivity index (χ1) is 8.94. The van der Waals surface area contributed by atoms with Gasteiger partial charge in [-0.1, -0.05) is 18.2 Å². The third-order valence-electron chi connectivity index (χ3n) is 3.87. The van der Waals surface area contributed by atoms with E-state index in [0.717, 1.165) is 24.6 Å². The Hall–Kier alpha value is -1.42. The molecule has 1 aliphatic rings. The highest BCUT2D eigenvalue weighted by atomic mass is 19.3. The highest BCUT2D eigenvalue weighted by Crippen LogP contribution is 2.31. The molecule has 1 unspecified atom stereocenters. The lowest BCUT2D eigenvalue weighted by Gasteiger charge is -2.34. The number of aromatic amines is 1. The van der Waals surface area contributed by atoms with Gasteiger partial charge in [0, 0.05) is 36.1 Å². The monoisotopic (exact) mass is 264 g/mol. The molecule has 0 saturated carbocycles. The number of benzene rings is 1. The standard InChI is InChI=1S/C15H18F2N2/c1-10-7-12-11-5-3-4-6-13(11)18-14(12)8-19(10)9-15(2,16)17/h3-6,10,18H,7-9H2,1-2H3. The Kier molecular flexibility index (Phi) is 2.86. The van der Waals surface area contributed by atoms with Gasteiger partial charge in [-0.3, -0.25) is 4.90 Å². The van der Waals surface area contributed by atoms with Crippen LogP contribution in [0.4, 0.5) is 8.78 Å². The van der Waals surface area contributed by atoms with Crippen molar-refractivity contribution in [3.8, 4) is 0 Å². The molecule has 0 spiro atoms. The normalized spacial score (nSPS) is 20.7. The van der Waals surface area contributed by atoms with Crippen LogP contribution in [0.5, 0.6) is 0 Å². The molecule has 1 atom stereocenters. The summed E-state index contributed by atoms with van der Waals surface area (Å²) in [7, 11) is 0. The number of halogens is 2. The van der Waals surface area contributed by atoms with Gasteiger partial charge in [0.1, 0.15) is 0 Å². The van der Waals surface area contributed by atoms with Crippen LogP contribution in [0.1, 0.15) is 25.1 Å². The Morgan fingerprint density at radius 3 is 2.84 bits per heavy atom. The van der Waals surface area contributed by atoms with Crippen molar-refractivity contribution in [3.05, 3.63) is 35.5 Å². The van der Waals surface area contributed by atoms with Crippen molar-refractivity contribution in [1.29, 1.82) is 0 Å². The van der Waals surface area contributed by atoms with E-state index in [0.29, 0.717) is 6.54 Å². The predicted octanol–water partition coefficient (Wildman–Crippen LogP) is 3.57. The maximum Gasteiger partial charge on any atom is 0.257 e. The average molecular weight is 264 g/mol. The van der Waals surface area contributed by atoms with Gasteiger partial charge in [0.2, 0.25) is 0 Å². The van der Waals surface area contributed by atoms with Crippen LogP contribution in [0.15, 0.2) is 24.3 Å². The molecule has 0 aliphatic carbocycles. The van der Waals surface area contributed by atoms with E-state index in [4.69, 9.17) is 0 Å². The van der Waals surface area contributed by atoms with Gasteiger partial charge < -0.3 is 4.98 Å². The highest BCUT2D eigenvalue weighted by Gasteiger charge is 2.32. The number of aromatic nitrogens is 1. The van der Waals surface area contributed by atoms with Crippen molar-refractivity contribution >= 4 is 10.9 Å². The summed E-state index contributed by atoms with van der Waals surface area (Å²) in [5.41, 5.74) is 3.48. The number of rotatable bonds is 2. The zero-order valence-electron chi connectivity index (χ0n) is 11.2. The van der Waals surface area contributed by atoms with Crippen molar-refractivity contribution in [2.75, 3.05) is 6.54 Å². The summed E-state index contributed by atoms with van der Waals surface area (Å²) in [5, 5.41) is 1.23. The number of hydrogen-bond donors (Lipinski definition) is 1. The molecule has 1 N–H and O–H groups in total. The SMILES string of the molecule is CC1Cc2c([nH]c3ccccc23)CN1CC(C)(F)F. The summed E-state index contributed by atoms with van der Waals surface area (Å²) < 4.78 is 26.4. The quantitative estimate of drug-likeness (QED) is 0.878. The van der Waals surface area contributed by atoms with Crippen LogP contribution in [-0.2, 0) is 13.0 Å². The molecule has 0 fully saturated rings. The lowest BCUT2D eigenvalue weighted by Crippen LogP contribution is -2.44. The van der Waals surface area contributed by atoms with Crippen molar-refractivity contribution in [2.45, 2.75) is 38.8 Å². The highest BCUT2D eigenvalue weighted by molar-refractivity contribution is 5.84. The maximum atomic E-state index is 13.2. The second-order valence-electron chi connectivity index (χ2n) is 5.66. The predicted molar refractivity (Wildman–Crippen MR) is 72.5 cm³/mol. The molecule has 1 aliphatic heterocycles. The molecule has 3 rings (SSSR count). The van der Waals surface area contributed by atoms with Gasteiger partial charge in [0.15, 0.2) is 0 Å². The van der Waals surface area contributed by atoms with Gasteiger partial charge in [0.05, 0.1) is 6.54 Å². The Balaban J connectivity index is 1.95. The first-order valence-corrected chi connectivity index (χ1v) is 6.64. The molecule has 2 nitrogen and oxygen atoms in total. The van der Waals surface area contributed by atoms with Crippen molar-refractivity contribution in [3.63, 3.8) is 0 Å². The van der Waals surface area contributed by atoms with Crippen molar-refractivity contribution in [1.82, 2.24) is 9.88 Å². The second-order valence-corrected chi connectivity index (χ2v) is 5.66. The molecule has 1 aromatic carbocycles. The molecule has 102 valence electrons. The second kappa shape index (κ2) is 4.30. The fraction of sp³-hybridized carbons (Fsp3) is 0.467. The van der Waals surface area contributed by atoms with E-state index in [-0.39, 0.29) is 12.6 Å². The van der Waals surface area contributed by atoms with E-state index in [1.807, 2.05) is 30.0 Å². The van der Waals surface area contributed by atoms with Crippen LogP contribution in [0.25, 0.3) is 10.9 Å². The molecule has 4 heteroatoms. The van der Waals surface area contributed by atoms with Gasteiger partial charge >= 0.3 is 0 Å². The first kappa shape index (κ1) is 12.6. The van der Waals surface area contributed by atoms with Gasteiger partial charge in [-0.2, -0.15) is 0 Å². The zero-order chi connectivity index (χ0) is 13.6. The molecule has 0 saturated heterocycles. The van der Waals surface area contributed by atoms with Crippen LogP contribution in [0.2, 0.25) is 0 Å². The number of hydrogen-bond acceptors (Lipinski definition) is 1. The summed E-state index contributed by atoms with van der Waals surface area (Å²) >= 11 is 0. The molecule has 2 aromatic rings. The fourth-order valence-corrected chi connectivity index (χ4v) is 2.98. The van der Waals surface area contributed by atoms with Gasteiger partial charge in [-0.25, -0.2) is 8.78 Å². The van der Waals surface area contributed by atoms with Crippen LogP contribution < -0.4 is 0 Å². The molecule has 19 heavy (non-hydrogen) atoms. The summed E-state index contributed by atoms with van der Waals surface area (Å²) in [5.74, 6) is -2.64. The lowest BCUT2D eigenvalue weighted by atomic mass is 9.97. The number of H-pyrrole nitrogens is 1. The fourth-order valence-electron chi connectivity index (χ4n) is 2.98. The van der Waals surface area contributed by atoms with Crippen LogP contribution in [0.3, 0.4) is 0 Å². The Morgan fingerprint density at radius 2 is 2.11 bits per heavy atom. The summed E-state index contributed by atoms with van der Waals surface area (Å²) in [6.07, 6.45) is 0.829. The van der Waals surface area contributed by atoms with Gasteiger partial charge in [-0.15, -0.1) is 0 Å². The van der Waals surface area contributed by atoms with Crippen LogP contribution in [0, 0.1) is 0 Å². The number of para-hydroxylation sites is 1. The third-order valence-corrected chi connectivity index (χ3v) is 3.87. The topological polar surface area (TPSA) is 19.0 Å².